The zero-order valence-corrected chi connectivity index (χ0v) is 9.69. The van der Waals surface area contributed by atoms with Gasteiger partial charge in [0.05, 0.1) is 6.07 Å². The topological polar surface area (TPSA) is 61.2 Å². The van der Waals surface area contributed by atoms with Crippen molar-refractivity contribution in [2.75, 3.05) is 0 Å². The van der Waals surface area contributed by atoms with Crippen molar-refractivity contribution in [2.24, 2.45) is 11.3 Å². The van der Waals surface area contributed by atoms with Gasteiger partial charge in [0.1, 0.15) is 6.04 Å². The van der Waals surface area contributed by atoms with Crippen LogP contribution >= 0.6 is 0 Å². The molecule has 0 aromatic carbocycles. The maximum Gasteiger partial charge on any atom is 0.230 e. The first-order valence-corrected chi connectivity index (χ1v) is 5.69. The highest BCUT2D eigenvalue weighted by atomic mass is 16.2. The number of carbonyl (C=O) groups excluding carboxylic acids is 2. The number of carbonyl (C=O) groups is 2. The van der Waals surface area contributed by atoms with Crippen molar-refractivity contribution >= 4 is 11.8 Å². The average molecular weight is 220 g/mol. The highest BCUT2D eigenvalue weighted by Gasteiger charge is 2.45. The highest BCUT2D eigenvalue weighted by Crippen LogP contribution is 2.39. The normalized spacial score (nSPS) is 26.4. The lowest BCUT2D eigenvalue weighted by atomic mass is 9.81. The van der Waals surface area contributed by atoms with Crippen LogP contribution in [0.1, 0.15) is 39.5 Å². The molecule has 4 nitrogen and oxygen atoms in total. The van der Waals surface area contributed by atoms with E-state index in [0.717, 1.165) is 12.8 Å². The van der Waals surface area contributed by atoms with Crippen LogP contribution in [0.4, 0.5) is 0 Å². The molecule has 1 aliphatic carbocycles. The summed E-state index contributed by atoms with van der Waals surface area (Å²) in [6.07, 6.45) is 2.64. The molecule has 16 heavy (non-hydrogen) atoms. The summed E-state index contributed by atoms with van der Waals surface area (Å²) in [5, 5.41) is 9.06. The minimum absolute atomic E-state index is 0.181. The molecule has 1 aliphatic heterocycles. The molecule has 0 aromatic rings. The van der Waals surface area contributed by atoms with Gasteiger partial charge < -0.3 is 0 Å². The summed E-state index contributed by atoms with van der Waals surface area (Å²) in [6.45, 7) is 3.83. The number of likely N-dealkylation sites (tertiary alicyclic amines) is 1. The van der Waals surface area contributed by atoms with Gasteiger partial charge in [-0.2, -0.15) is 5.26 Å². The Kier molecular flexibility index (Phi) is 2.49. The summed E-state index contributed by atoms with van der Waals surface area (Å²) in [4.78, 5) is 25.0. The fourth-order valence-electron chi connectivity index (χ4n) is 2.29. The fourth-order valence-corrected chi connectivity index (χ4v) is 2.29. The maximum atomic E-state index is 11.9. The number of piperidine rings is 1. The standard InChI is InChI=1S/C12H16N2O2/c1-12(2)5-10(15)14(11(16)6-12)9(7-13)8-3-4-8/h8-9H,3-6H2,1-2H3. The lowest BCUT2D eigenvalue weighted by molar-refractivity contribution is -0.154. The van der Waals surface area contributed by atoms with Gasteiger partial charge in [-0.05, 0) is 24.2 Å². The smallest absolute Gasteiger partial charge is 0.230 e. The van der Waals surface area contributed by atoms with E-state index in [1.807, 2.05) is 13.8 Å². The van der Waals surface area contributed by atoms with Crippen molar-refractivity contribution in [2.45, 2.75) is 45.6 Å². The van der Waals surface area contributed by atoms with Crippen LogP contribution in [0.25, 0.3) is 0 Å². The van der Waals surface area contributed by atoms with Gasteiger partial charge in [0, 0.05) is 12.8 Å². The lowest BCUT2D eigenvalue weighted by Crippen LogP contribution is -2.51. The number of nitriles is 1. The Morgan fingerprint density at radius 2 is 1.81 bits per heavy atom. The van der Waals surface area contributed by atoms with Crippen LogP contribution < -0.4 is 0 Å². The Morgan fingerprint density at radius 1 is 1.31 bits per heavy atom. The number of rotatable bonds is 2. The van der Waals surface area contributed by atoms with Crippen LogP contribution in [0.15, 0.2) is 0 Å². The van der Waals surface area contributed by atoms with Crippen LogP contribution in [0.5, 0.6) is 0 Å². The second kappa shape index (κ2) is 3.58. The van der Waals surface area contributed by atoms with Gasteiger partial charge in [-0.15, -0.1) is 0 Å². The Morgan fingerprint density at radius 3 is 2.19 bits per heavy atom. The highest BCUT2D eigenvalue weighted by molar-refractivity contribution is 5.99. The van der Waals surface area contributed by atoms with Crippen LogP contribution in [0, 0.1) is 22.7 Å². The molecule has 1 saturated carbocycles. The molecule has 2 fully saturated rings. The molecule has 1 saturated heterocycles. The Balaban J connectivity index is 2.19. The molecule has 0 aromatic heterocycles. The van der Waals surface area contributed by atoms with Crippen molar-refractivity contribution < 1.29 is 9.59 Å². The Bertz CT molecular complexity index is 357. The van der Waals surface area contributed by atoms with E-state index in [9.17, 15) is 9.59 Å². The molecule has 86 valence electrons. The van der Waals surface area contributed by atoms with Crippen LogP contribution in [0.3, 0.4) is 0 Å². The summed E-state index contributed by atoms with van der Waals surface area (Å²) >= 11 is 0. The van der Waals surface area contributed by atoms with E-state index < -0.39 is 6.04 Å². The summed E-state index contributed by atoms with van der Waals surface area (Å²) in [7, 11) is 0. The minimum Gasteiger partial charge on any atom is -0.274 e. The molecule has 1 heterocycles. The van der Waals surface area contributed by atoms with Crippen molar-refractivity contribution in [3.63, 3.8) is 0 Å². The molecule has 2 aliphatic rings. The van der Waals surface area contributed by atoms with E-state index in [-0.39, 0.29) is 23.1 Å². The number of imide groups is 1. The average Bonchev–Trinajstić information content (AvgIpc) is 2.92. The van der Waals surface area contributed by atoms with Crippen molar-refractivity contribution in [1.82, 2.24) is 4.90 Å². The van der Waals surface area contributed by atoms with Crippen molar-refractivity contribution in [1.29, 1.82) is 5.26 Å². The van der Waals surface area contributed by atoms with E-state index in [1.165, 1.54) is 4.90 Å². The molecule has 0 N–H and O–H groups in total. The van der Waals surface area contributed by atoms with Crippen molar-refractivity contribution in [3.8, 4) is 6.07 Å². The zero-order valence-electron chi connectivity index (χ0n) is 9.69. The molecule has 0 bridgehead atoms. The monoisotopic (exact) mass is 220 g/mol. The second-order valence-corrected chi connectivity index (χ2v) is 5.59. The SMILES string of the molecule is CC1(C)CC(=O)N(C(C#N)C2CC2)C(=O)C1. The van der Waals surface area contributed by atoms with Gasteiger partial charge >= 0.3 is 0 Å². The predicted molar refractivity (Wildman–Crippen MR) is 57.0 cm³/mol. The van der Waals surface area contributed by atoms with Gasteiger partial charge in [-0.25, -0.2) is 0 Å². The van der Waals surface area contributed by atoms with Gasteiger partial charge in [0.2, 0.25) is 11.8 Å². The molecule has 1 unspecified atom stereocenters. The first-order valence-electron chi connectivity index (χ1n) is 5.69. The number of hydrogen-bond acceptors (Lipinski definition) is 3. The summed E-state index contributed by atoms with van der Waals surface area (Å²) in [5.74, 6) is -0.140. The van der Waals surface area contributed by atoms with Crippen LogP contribution in [-0.2, 0) is 9.59 Å². The molecule has 4 heteroatoms. The largest absolute Gasteiger partial charge is 0.274 e. The molecule has 0 spiro atoms. The Hall–Kier alpha value is -1.37. The number of hydrogen-bond donors (Lipinski definition) is 0. The van der Waals surface area contributed by atoms with Gasteiger partial charge in [0.15, 0.2) is 0 Å². The lowest BCUT2D eigenvalue weighted by Gasteiger charge is -2.36. The van der Waals surface area contributed by atoms with E-state index in [1.54, 1.807) is 0 Å². The Labute approximate surface area is 95.2 Å². The second-order valence-electron chi connectivity index (χ2n) is 5.59. The van der Waals surface area contributed by atoms with Crippen molar-refractivity contribution in [3.05, 3.63) is 0 Å². The third kappa shape index (κ3) is 1.95. The van der Waals surface area contributed by atoms with Crippen LogP contribution in [-0.4, -0.2) is 22.8 Å². The summed E-state index contributed by atoms with van der Waals surface area (Å²) in [5.41, 5.74) is -0.256. The van der Waals surface area contributed by atoms with E-state index in [0.29, 0.717) is 12.8 Å². The molecular formula is C12H16N2O2. The molecule has 0 radical (unpaired) electrons. The van der Waals surface area contributed by atoms with E-state index in [2.05, 4.69) is 6.07 Å². The third-order valence-electron chi connectivity index (χ3n) is 3.28. The van der Waals surface area contributed by atoms with Crippen LogP contribution in [0.2, 0.25) is 0 Å². The summed E-state index contributed by atoms with van der Waals surface area (Å²) < 4.78 is 0. The molecular weight excluding hydrogens is 204 g/mol. The minimum atomic E-state index is -0.518. The quantitative estimate of drug-likeness (QED) is 0.662. The third-order valence-corrected chi connectivity index (χ3v) is 3.28. The first kappa shape index (κ1) is 11.1. The number of amides is 2. The molecule has 1 atom stereocenters. The van der Waals surface area contributed by atoms with E-state index in [4.69, 9.17) is 5.26 Å². The predicted octanol–water partition coefficient (Wildman–Crippen LogP) is 1.46. The number of nitrogens with zero attached hydrogens (tertiary/aromatic N) is 2. The first-order chi connectivity index (χ1) is 7.44. The van der Waals surface area contributed by atoms with Gasteiger partial charge in [0.25, 0.3) is 0 Å². The fraction of sp³-hybridized carbons (Fsp3) is 0.750. The van der Waals surface area contributed by atoms with Gasteiger partial charge in [-0.1, -0.05) is 13.8 Å². The maximum absolute atomic E-state index is 11.9. The van der Waals surface area contributed by atoms with Gasteiger partial charge in [-0.3, -0.25) is 14.5 Å². The molecule has 2 rings (SSSR count). The zero-order chi connectivity index (χ0) is 11.9. The van der Waals surface area contributed by atoms with E-state index >= 15 is 0 Å². The summed E-state index contributed by atoms with van der Waals surface area (Å²) in [6, 6.07) is 1.59. The molecule has 2 amide bonds.